The summed E-state index contributed by atoms with van der Waals surface area (Å²) >= 11 is 1.17. The molecule has 0 radical (unpaired) electrons. The van der Waals surface area contributed by atoms with Gasteiger partial charge in [-0.25, -0.2) is 13.8 Å². The third-order valence-corrected chi connectivity index (χ3v) is 3.93. The van der Waals surface area contributed by atoms with Crippen LogP contribution in [0.2, 0.25) is 0 Å². The van der Waals surface area contributed by atoms with Gasteiger partial charge in [-0.2, -0.15) is 0 Å². The van der Waals surface area contributed by atoms with Crippen molar-refractivity contribution in [2.24, 2.45) is 0 Å². The number of carbonyl (C=O) groups excluding carboxylic acids is 1. The molecule has 0 aliphatic carbocycles. The van der Waals surface area contributed by atoms with Crippen LogP contribution in [-0.2, 0) is 4.79 Å². The molecule has 3 aromatic rings. The maximum Gasteiger partial charge on any atom is 0.250 e. The molecule has 0 unspecified atom stereocenters. The van der Waals surface area contributed by atoms with Gasteiger partial charge in [-0.15, -0.1) is 11.3 Å². The summed E-state index contributed by atoms with van der Waals surface area (Å²) in [7, 11) is 0. The topological polar surface area (TPSA) is 42.0 Å². The number of benzene rings is 2. The van der Waals surface area contributed by atoms with Crippen LogP contribution in [0.5, 0.6) is 0 Å². The predicted molar refractivity (Wildman–Crippen MR) is 91.6 cm³/mol. The quantitative estimate of drug-likeness (QED) is 0.696. The first-order valence-electron chi connectivity index (χ1n) is 7.07. The lowest BCUT2D eigenvalue weighted by molar-refractivity contribution is -0.111. The molecular formula is C18H12F2N2OS. The van der Waals surface area contributed by atoms with Crippen molar-refractivity contribution in [3.05, 3.63) is 77.2 Å². The Kier molecular flexibility index (Phi) is 4.77. The molecule has 0 saturated heterocycles. The van der Waals surface area contributed by atoms with Gasteiger partial charge in [-0.1, -0.05) is 30.3 Å². The first-order chi connectivity index (χ1) is 11.6. The molecule has 120 valence electrons. The van der Waals surface area contributed by atoms with Crippen LogP contribution in [-0.4, -0.2) is 10.9 Å². The van der Waals surface area contributed by atoms with Crippen LogP contribution in [0.3, 0.4) is 0 Å². The van der Waals surface area contributed by atoms with E-state index in [1.54, 1.807) is 11.5 Å². The molecule has 0 atom stereocenters. The zero-order chi connectivity index (χ0) is 16.9. The van der Waals surface area contributed by atoms with E-state index in [1.165, 1.54) is 29.5 Å². The van der Waals surface area contributed by atoms with E-state index in [0.717, 1.165) is 11.6 Å². The minimum absolute atomic E-state index is 0.188. The number of rotatable bonds is 4. The lowest BCUT2D eigenvalue weighted by Gasteiger charge is -1.99. The van der Waals surface area contributed by atoms with Crippen LogP contribution in [0.15, 0.2) is 60.0 Å². The monoisotopic (exact) mass is 342 g/mol. The Morgan fingerprint density at radius 1 is 1.12 bits per heavy atom. The third kappa shape index (κ3) is 3.91. The summed E-state index contributed by atoms with van der Waals surface area (Å²) in [5, 5.41) is 4.57. The van der Waals surface area contributed by atoms with Gasteiger partial charge in [-0.05, 0) is 23.8 Å². The summed E-state index contributed by atoms with van der Waals surface area (Å²) in [4.78, 5) is 16.0. The van der Waals surface area contributed by atoms with Gasteiger partial charge >= 0.3 is 0 Å². The van der Waals surface area contributed by atoms with Crippen molar-refractivity contribution in [1.82, 2.24) is 4.98 Å². The van der Waals surface area contributed by atoms with Gasteiger partial charge in [0.25, 0.3) is 0 Å². The van der Waals surface area contributed by atoms with E-state index in [2.05, 4.69) is 10.3 Å². The second-order valence-corrected chi connectivity index (χ2v) is 5.75. The summed E-state index contributed by atoms with van der Waals surface area (Å²) in [5.74, 6) is -1.67. The highest BCUT2D eigenvalue weighted by atomic mass is 32.1. The second kappa shape index (κ2) is 7.14. The summed E-state index contributed by atoms with van der Waals surface area (Å²) in [6.45, 7) is 0. The first-order valence-corrected chi connectivity index (χ1v) is 7.95. The van der Waals surface area contributed by atoms with Gasteiger partial charge in [0.15, 0.2) is 5.13 Å². The number of nitrogens with zero attached hydrogens (tertiary/aromatic N) is 1. The van der Waals surface area contributed by atoms with E-state index >= 15 is 0 Å². The van der Waals surface area contributed by atoms with Crippen molar-refractivity contribution < 1.29 is 13.6 Å². The highest BCUT2D eigenvalue weighted by Crippen LogP contribution is 2.27. The van der Waals surface area contributed by atoms with Gasteiger partial charge in [-0.3, -0.25) is 10.1 Å². The number of hydrogen-bond acceptors (Lipinski definition) is 3. The van der Waals surface area contributed by atoms with E-state index < -0.39 is 11.6 Å². The Balaban J connectivity index is 1.70. The van der Waals surface area contributed by atoms with E-state index in [0.29, 0.717) is 10.8 Å². The largest absolute Gasteiger partial charge is 0.298 e. The molecule has 3 nitrogen and oxygen atoms in total. The molecule has 0 bridgehead atoms. The molecule has 0 fully saturated rings. The molecule has 1 heterocycles. The minimum atomic E-state index is -0.692. The summed E-state index contributed by atoms with van der Waals surface area (Å²) in [6, 6.07) is 12.7. The number of carbonyl (C=O) groups is 1. The fourth-order valence-corrected chi connectivity index (χ4v) is 2.75. The SMILES string of the molecule is O=C(C=Cc1ccccc1)Nc1nc(-c2ccc(F)cc2F)cs1. The van der Waals surface area contributed by atoms with Crippen molar-refractivity contribution in [2.45, 2.75) is 0 Å². The fourth-order valence-electron chi connectivity index (χ4n) is 2.04. The van der Waals surface area contributed by atoms with Crippen LogP contribution in [0.25, 0.3) is 17.3 Å². The third-order valence-electron chi connectivity index (χ3n) is 3.17. The maximum atomic E-state index is 13.7. The fraction of sp³-hybridized carbons (Fsp3) is 0. The molecule has 1 amide bonds. The van der Waals surface area contributed by atoms with Crippen molar-refractivity contribution >= 4 is 28.5 Å². The molecule has 0 aliphatic rings. The summed E-state index contributed by atoms with van der Waals surface area (Å²) < 4.78 is 26.7. The Morgan fingerprint density at radius 2 is 1.92 bits per heavy atom. The van der Waals surface area contributed by atoms with Crippen LogP contribution in [0, 0.1) is 11.6 Å². The molecule has 24 heavy (non-hydrogen) atoms. The van der Waals surface area contributed by atoms with Gasteiger partial charge in [0, 0.05) is 23.1 Å². The van der Waals surface area contributed by atoms with Gasteiger partial charge in [0.2, 0.25) is 5.91 Å². The number of thiazole rings is 1. The molecule has 0 aliphatic heterocycles. The predicted octanol–water partition coefficient (Wildman–Crippen LogP) is 4.74. The van der Waals surface area contributed by atoms with Crippen molar-refractivity contribution in [2.75, 3.05) is 5.32 Å². The molecule has 0 saturated carbocycles. The molecule has 0 spiro atoms. The zero-order valence-electron chi connectivity index (χ0n) is 12.4. The van der Waals surface area contributed by atoms with Gasteiger partial charge < -0.3 is 0 Å². The molecule has 2 aromatic carbocycles. The normalized spacial score (nSPS) is 10.9. The highest BCUT2D eigenvalue weighted by Gasteiger charge is 2.11. The van der Waals surface area contributed by atoms with Crippen LogP contribution < -0.4 is 5.32 Å². The average Bonchev–Trinajstić information content (AvgIpc) is 3.02. The molecule has 6 heteroatoms. The van der Waals surface area contributed by atoms with Crippen molar-refractivity contribution in [3.8, 4) is 11.3 Å². The first kappa shape index (κ1) is 16.0. The number of amides is 1. The number of hydrogen-bond donors (Lipinski definition) is 1. The molecule has 1 aromatic heterocycles. The number of anilines is 1. The highest BCUT2D eigenvalue weighted by molar-refractivity contribution is 7.14. The standard InChI is InChI=1S/C18H12F2N2OS/c19-13-7-8-14(15(20)10-13)16-11-24-18(21-16)22-17(23)9-6-12-4-2-1-3-5-12/h1-11H,(H,21,22,23). The molecule has 1 N–H and O–H groups in total. The van der Waals surface area contributed by atoms with Crippen LogP contribution in [0.1, 0.15) is 5.56 Å². The van der Waals surface area contributed by atoms with Crippen molar-refractivity contribution in [3.63, 3.8) is 0 Å². The van der Waals surface area contributed by atoms with E-state index in [1.807, 2.05) is 30.3 Å². The number of nitrogens with one attached hydrogen (secondary N) is 1. The van der Waals surface area contributed by atoms with Crippen LogP contribution >= 0.6 is 11.3 Å². The second-order valence-electron chi connectivity index (χ2n) is 4.90. The minimum Gasteiger partial charge on any atom is -0.298 e. The van der Waals surface area contributed by atoms with Crippen LogP contribution in [0.4, 0.5) is 13.9 Å². The Labute approximate surface area is 141 Å². The Morgan fingerprint density at radius 3 is 2.67 bits per heavy atom. The van der Waals surface area contributed by atoms with E-state index in [-0.39, 0.29) is 11.5 Å². The Bertz CT molecular complexity index is 891. The lowest BCUT2D eigenvalue weighted by Crippen LogP contribution is -2.07. The van der Waals surface area contributed by atoms with Gasteiger partial charge in [0.1, 0.15) is 11.6 Å². The Hall–Kier alpha value is -2.86. The number of halogens is 2. The van der Waals surface area contributed by atoms with Crippen molar-refractivity contribution in [1.29, 1.82) is 0 Å². The van der Waals surface area contributed by atoms with E-state index in [9.17, 15) is 13.6 Å². The molecule has 3 rings (SSSR count). The summed E-state index contributed by atoms with van der Waals surface area (Å²) in [6.07, 6.45) is 3.08. The van der Waals surface area contributed by atoms with E-state index in [4.69, 9.17) is 0 Å². The molecular weight excluding hydrogens is 330 g/mol. The zero-order valence-corrected chi connectivity index (χ0v) is 13.2. The lowest BCUT2D eigenvalue weighted by atomic mass is 10.1. The number of aromatic nitrogens is 1. The summed E-state index contributed by atoms with van der Waals surface area (Å²) in [5.41, 5.74) is 1.44. The maximum absolute atomic E-state index is 13.7. The average molecular weight is 342 g/mol. The smallest absolute Gasteiger partial charge is 0.250 e. The van der Waals surface area contributed by atoms with Gasteiger partial charge in [0.05, 0.1) is 5.69 Å².